The third-order valence-electron chi connectivity index (χ3n) is 1.28. The van der Waals surface area contributed by atoms with Gasteiger partial charge in [-0.3, -0.25) is 19.7 Å². The average Bonchev–Trinajstić information content (AvgIpc) is 2.58. The largest absolute Gasteiger partial charge is 0.340 e. The first kappa shape index (κ1) is 10.1. The van der Waals surface area contributed by atoms with Crippen molar-refractivity contribution in [1.29, 1.82) is 0 Å². The van der Waals surface area contributed by atoms with Gasteiger partial charge in [-0.1, -0.05) is 17.3 Å². The van der Waals surface area contributed by atoms with E-state index in [4.69, 9.17) is 0 Å². The Hall–Kier alpha value is -2.00. The normalized spacial score (nSPS) is 8.57. The molecule has 0 aliphatic carbocycles. The van der Waals surface area contributed by atoms with Crippen molar-refractivity contribution >= 4 is 28.9 Å². The molecule has 70 valence electrons. The minimum absolute atomic E-state index is 0.0919. The molecule has 0 aliphatic rings. The molecule has 0 fully saturated rings. The summed E-state index contributed by atoms with van der Waals surface area (Å²) in [5.74, 6) is 4.34. The van der Waals surface area contributed by atoms with Gasteiger partial charge in [-0.2, -0.15) is 0 Å². The highest BCUT2D eigenvalue weighted by atomic mass is 32.1. The van der Waals surface area contributed by atoms with Gasteiger partial charge >= 0.3 is 5.00 Å². The van der Waals surface area contributed by atoms with E-state index in [0.29, 0.717) is 12.6 Å². The highest BCUT2D eigenvalue weighted by Crippen LogP contribution is 2.28. The first-order chi connectivity index (χ1) is 6.69. The summed E-state index contributed by atoms with van der Waals surface area (Å²) in [5, 5.41) is 10.2. The molecule has 0 N–H and O–H groups in total. The second-order valence-corrected chi connectivity index (χ2v) is 3.19. The average molecular weight is 209 g/mol. The minimum Gasteiger partial charge on any atom is -0.297 e. The van der Waals surface area contributed by atoms with Gasteiger partial charge in [0.2, 0.25) is 0 Å². The first-order valence-corrected chi connectivity index (χ1v) is 4.19. The molecule has 1 aromatic rings. The number of rotatable bonds is 2. The Kier molecular flexibility index (Phi) is 3.09. The van der Waals surface area contributed by atoms with Gasteiger partial charge in [-0.05, 0) is 12.0 Å². The number of nitro groups is 1. The Balaban J connectivity index is 3.25. The molecule has 0 radical (unpaired) electrons. The lowest BCUT2D eigenvalue weighted by Crippen LogP contribution is -1.85. The maximum absolute atomic E-state index is 10.5. The molecule has 6 heteroatoms. The van der Waals surface area contributed by atoms with Crippen LogP contribution in [-0.4, -0.2) is 17.5 Å². The molecule has 0 saturated carbocycles. The van der Waals surface area contributed by atoms with Crippen LogP contribution in [-0.2, 0) is 4.79 Å². The molecule has 0 bridgehead atoms. The zero-order valence-electron chi connectivity index (χ0n) is 6.72. The molecule has 5 nitrogen and oxygen atoms in total. The zero-order valence-corrected chi connectivity index (χ0v) is 7.54. The number of carbonyl (C=O) groups excluding carboxylic acids is 2. The van der Waals surface area contributed by atoms with Crippen molar-refractivity contribution in [2.24, 2.45) is 0 Å². The van der Waals surface area contributed by atoms with E-state index < -0.39 is 4.92 Å². The van der Waals surface area contributed by atoms with Crippen molar-refractivity contribution in [3.63, 3.8) is 0 Å². The van der Waals surface area contributed by atoms with Gasteiger partial charge in [0.25, 0.3) is 0 Å². The number of carbonyl (C=O) groups is 2. The lowest BCUT2D eigenvalue weighted by molar-refractivity contribution is -0.380. The zero-order chi connectivity index (χ0) is 10.6. The lowest BCUT2D eigenvalue weighted by Gasteiger charge is -1.83. The van der Waals surface area contributed by atoms with Crippen LogP contribution in [0.1, 0.15) is 15.2 Å². The molecule has 1 rings (SSSR count). The van der Waals surface area contributed by atoms with Crippen molar-refractivity contribution in [3.8, 4) is 11.8 Å². The Morgan fingerprint density at radius 2 is 2.21 bits per heavy atom. The van der Waals surface area contributed by atoms with Crippen LogP contribution in [0.3, 0.4) is 0 Å². The molecule has 14 heavy (non-hydrogen) atoms. The summed E-state index contributed by atoms with van der Waals surface area (Å²) in [5.41, 5.74) is 0.0919. The molecule has 1 heterocycles. The van der Waals surface area contributed by atoms with Crippen molar-refractivity contribution in [1.82, 2.24) is 0 Å². The Morgan fingerprint density at radius 1 is 1.50 bits per heavy atom. The Bertz CT molecular complexity index is 452. The number of thiophene rings is 1. The van der Waals surface area contributed by atoms with Crippen LogP contribution in [0.5, 0.6) is 0 Å². The highest BCUT2D eigenvalue weighted by Gasteiger charge is 2.17. The standard InChI is InChI=1S/C8H3NO4S/c10-3-1-2-6-4-7(5-11)14-8(6)9(12)13/h3-5H. The SMILES string of the molecule is O=CC#Cc1cc(C=O)sc1[N+](=O)[O-]. The molecule has 1 aromatic heterocycles. The summed E-state index contributed by atoms with van der Waals surface area (Å²) in [7, 11) is 0. The van der Waals surface area contributed by atoms with E-state index >= 15 is 0 Å². The van der Waals surface area contributed by atoms with Crippen LogP contribution < -0.4 is 0 Å². The van der Waals surface area contributed by atoms with Crippen LogP contribution in [0.25, 0.3) is 0 Å². The molecule has 0 atom stereocenters. The predicted octanol–water partition coefficient (Wildman–Crippen LogP) is 1.02. The summed E-state index contributed by atoms with van der Waals surface area (Å²) in [6.07, 6.45) is 0.839. The molecule has 0 aliphatic heterocycles. The van der Waals surface area contributed by atoms with Gasteiger partial charge in [0, 0.05) is 0 Å². The van der Waals surface area contributed by atoms with E-state index in [1.165, 1.54) is 6.07 Å². The topological polar surface area (TPSA) is 77.3 Å². The highest BCUT2D eigenvalue weighted by molar-refractivity contribution is 7.17. The lowest BCUT2D eigenvalue weighted by atomic mass is 10.3. The van der Waals surface area contributed by atoms with E-state index in [0.717, 1.165) is 11.3 Å². The summed E-state index contributed by atoms with van der Waals surface area (Å²) in [6, 6.07) is 1.28. The first-order valence-electron chi connectivity index (χ1n) is 3.37. The summed E-state index contributed by atoms with van der Waals surface area (Å²) < 4.78 is 0. The van der Waals surface area contributed by atoms with E-state index in [2.05, 4.69) is 11.8 Å². The van der Waals surface area contributed by atoms with Crippen LogP contribution in [0.2, 0.25) is 0 Å². The minimum atomic E-state index is -0.632. The fourth-order valence-electron chi connectivity index (χ4n) is 0.791. The monoisotopic (exact) mass is 209 g/mol. The van der Waals surface area contributed by atoms with Crippen molar-refractivity contribution in [2.75, 3.05) is 0 Å². The molecule has 0 aromatic carbocycles. The third-order valence-corrected chi connectivity index (χ3v) is 2.29. The molecular weight excluding hydrogens is 206 g/mol. The van der Waals surface area contributed by atoms with Gasteiger partial charge in [0.05, 0.1) is 9.80 Å². The third kappa shape index (κ3) is 2.02. The van der Waals surface area contributed by atoms with Crippen molar-refractivity contribution < 1.29 is 14.5 Å². The van der Waals surface area contributed by atoms with Crippen molar-refractivity contribution in [2.45, 2.75) is 0 Å². The predicted molar refractivity (Wildman–Crippen MR) is 49.3 cm³/mol. The maximum atomic E-state index is 10.5. The van der Waals surface area contributed by atoms with Gasteiger partial charge in [0.1, 0.15) is 5.56 Å². The molecule has 0 amide bonds. The van der Waals surface area contributed by atoms with E-state index in [1.807, 2.05) is 0 Å². The number of hydrogen-bond acceptors (Lipinski definition) is 5. The smallest absolute Gasteiger partial charge is 0.297 e. The van der Waals surface area contributed by atoms with Gasteiger partial charge in [-0.15, -0.1) is 0 Å². The van der Waals surface area contributed by atoms with E-state index in [9.17, 15) is 19.7 Å². The van der Waals surface area contributed by atoms with E-state index in [-0.39, 0.29) is 15.4 Å². The maximum Gasteiger partial charge on any atom is 0.340 e. The molecule has 0 saturated heterocycles. The number of nitrogens with zero attached hydrogens (tertiary/aromatic N) is 1. The van der Waals surface area contributed by atoms with Gasteiger partial charge in [-0.25, -0.2) is 0 Å². The molecular formula is C8H3NO4S. The van der Waals surface area contributed by atoms with Gasteiger partial charge < -0.3 is 0 Å². The molecule has 0 spiro atoms. The fourth-order valence-corrected chi connectivity index (χ4v) is 1.53. The number of aldehydes is 2. The van der Waals surface area contributed by atoms with Gasteiger partial charge in [0.15, 0.2) is 12.6 Å². The van der Waals surface area contributed by atoms with Crippen LogP contribution in [0.4, 0.5) is 5.00 Å². The fraction of sp³-hybridized carbons (Fsp3) is 0. The van der Waals surface area contributed by atoms with Crippen molar-refractivity contribution in [3.05, 3.63) is 26.6 Å². The van der Waals surface area contributed by atoms with Crippen LogP contribution in [0, 0.1) is 22.0 Å². The summed E-state index contributed by atoms with van der Waals surface area (Å²) >= 11 is 0.732. The second kappa shape index (κ2) is 4.30. The Labute approximate surface area is 82.5 Å². The molecule has 0 unspecified atom stereocenters. The summed E-state index contributed by atoms with van der Waals surface area (Å²) in [6.45, 7) is 0. The van der Waals surface area contributed by atoms with Crippen LogP contribution >= 0.6 is 11.3 Å². The van der Waals surface area contributed by atoms with Crippen LogP contribution in [0.15, 0.2) is 6.07 Å². The Morgan fingerprint density at radius 3 is 2.71 bits per heavy atom. The van der Waals surface area contributed by atoms with E-state index in [1.54, 1.807) is 0 Å². The summed E-state index contributed by atoms with van der Waals surface area (Å²) in [4.78, 5) is 30.3. The second-order valence-electron chi connectivity index (χ2n) is 2.13. The quantitative estimate of drug-likeness (QED) is 0.315. The number of hydrogen-bond donors (Lipinski definition) is 0.